The van der Waals surface area contributed by atoms with Crippen molar-refractivity contribution in [3.8, 4) is 5.75 Å². The van der Waals surface area contributed by atoms with Crippen molar-refractivity contribution in [3.05, 3.63) is 47.5 Å². The lowest BCUT2D eigenvalue weighted by Gasteiger charge is -2.29. The Bertz CT molecular complexity index is 1200. The number of sulfone groups is 1. The van der Waals surface area contributed by atoms with Crippen LogP contribution in [0.1, 0.15) is 43.1 Å². The molecule has 10 heteroatoms. The van der Waals surface area contributed by atoms with E-state index in [2.05, 4.69) is 10.6 Å². The quantitative estimate of drug-likeness (QED) is 0.644. The van der Waals surface area contributed by atoms with Gasteiger partial charge in [0.25, 0.3) is 5.91 Å². The molecule has 2 aromatic rings. The molecule has 0 saturated carbocycles. The van der Waals surface area contributed by atoms with E-state index in [1.807, 2.05) is 20.8 Å². The van der Waals surface area contributed by atoms with Crippen LogP contribution in [0.5, 0.6) is 5.75 Å². The Morgan fingerprint density at radius 2 is 1.81 bits per heavy atom. The van der Waals surface area contributed by atoms with Crippen molar-refractivity contribution >= 4 is 39.1 Å². The molecular weight excluding hydrogens is 434 g/mol. The number of urea groups is 1. The van der Waals surface area contributed by atoms with Crippen LogP contribution in [-0.2, 0) is 20.0 Å². The summed E-state index contributed by atoms with van der Waals surface area (Å²) < 4.78 is 24.1. The van der Waals surface area contributed by atoms with Crippen molar-refractivity contribution in [2.75, 3.05) is 23.0 Å². The van der Waals surface area contributed by atoms with E-state index in [1.165, 1.54) is 30.3 Å². The molecule has 170 valence electrons. The molecule has 0 bridgehead atoms. The lowest BCUT2D eigenvalue weighted by atomic mass is 9.84. The zero-order valence-electron chi connectivity index (χ0n) is 18.2. The Kier molecular flexibility index (Phi) is 6.01. The number of carbonyl (C=O) groups excluding carboxylic acids is 3. The predicted octanol–water partition coefficient (Wildman–Crippen LogP) is 2.79. The van der Waals surface area contributed by atoms with E-state index in [-0.39, 0.29) is 40.5 Å². The fourth-order valence-electron chi connectivity index (χ4n) is 3.42. The first-order valence-electron chi connectivity index (χ1n) is 9.89. The van der Waals surface area contributed by atoms with Gasteiger partial charge in [0.15, 0.2) is 9.84 Å². The third kappa shape index (κ3) is 4.59. The molecule has 1 saturated heterocycles. The van der Waals surface area contributed by atoms with Gasteiger partial charge in [-0.05, 0) is 29.7 Å². The van der Waals surface area contributed by atoms with Gasteiger partial charge in [0, 0.05) is 24.8 Å². The summed E-state index contributed by atoms with van der Waals surface area (Å²) in [6.07, 6.45) is 1.12. The van der Waals surface area contributed by atoms with Crippen LogP contribution < -0.4 is 15.5 Å². The van der Waals surface area contributed by atoms with Gasteiger partial charge in [0.05, 0.1) is 21.8 Å². The fourth-order valence-corrected chi connectivity index (χ4v) is 4.26. The number of nitrogens with zero attached hydrogens (tertiary/aromatic N) is 1. The molecule has 0 radical (unpaired) electrons. The summed E-state index contributed by atoms with van der Waals surface area (Å²) in [6, 6.07) is 8.01. The summed E-state index contributed by atoms with van der Waals surface area (Å²) in [7, 11) is -3.63. The number of amides is 4. The van der Waals surface area contributed by atoms with Crippen molar-refractivity contribution in [1.29, 1.82) is 0 Å². The minimum atomic E-state index is -3.63. The summed E-state index contributed by atoms with van der Waals surface area (Å²) in [4.78, 5) is 38.7. The highest BCUT2D eigenvalue weighted by atomic mass is 32.2. The van der Waals surface area contributed by atoms with Crippen LogP contribution in [0.25, 0.3) is 0 Å². The Balaban J connectivity index is 2.13. The van der Waals surface area contributed by atoms with Gasteiger partial charge in [-0.2, -0.15) is 0 Å². The third-order valence-electron chi connectivity index (χ3n) is 5.01. The second kappa shape index (κ2) is 8.27. The number of phenols is 1. The zero-order chi connectivity index (χ0) is 23.8. The fraction of sp³-hybridized carbons (Fsp3) is 0.318. The number of carbonyl (C=O) groups is 3. The van der Waals surface area contributed by atoms with E-state index >= 15 is 0 Å². The molecule has 0 spiro atoms. The topological polar surface area (TPSA) is 133 Å². The van der Waals surface area contributed by atoms with E-state index in [0.29, 0.717) is 5.56 Å². The first kappa shape index (κ1) is 23.3. The second-order valence-corrected chi connectivity index (χ2v) is 10.6. The summed E-state index contributed by atoms with van der Waals surface area (Å²) in [6.45, 7) is 5.65. The number of imide groups is 1. The molecule has 0 unspecified atom stereocenters. The normalized spacial score (nSPS) is 14.8. The lowest BCUT2D eigenvalue weighted by Crippen LogP contribution is -2.50. The SMILES string of the molecule is CC(C)(C)c1cc(N2C(=O)CCNC2=O)cc(C(=O)Nc2ccccc2S(C)(=O)=O)c1O. The molecule has 1 aliphatic rings. The monoisotopic (exact) mass is 459 g/mol. The Hall–Kier alpha value is -3.40. The maximum atomic E-state index is 13.1. The smallest absolute Gasteiger partial charge is 0.328 e. The highest BCUT2D eigenvalue weighted by molar-refractivity contribution is 7.90. The number of aromatic hydroxyl groups is 1. The number of phenolic OH excluding ortho intramolecular Hbond substituents is 1. The molecule has 1 heterocycles. The zero-order valence-corrected chi connectivity index (χ0v) is 19.0. The van der Waals surface area contributed by atoms with E-state index in [9.17, 15) is 27.9 Å². The summed E-state index contributed by atoms with van der Waals surface area (Å²) in [5.74, 6) is -1.54. The molecule has 32 heavy (non-hydrogen) atoms. The number of anilines is 2. The Morgan fingerprint density at radius 1 is 1.16 bits per heavy atom. The van der Waals surface area contributed by atoms with Gasteiger partial charge in [0.2, 0.25) is 5.91 Å². The van der Waals surface area contributed by atoms with Crippen molar-refractivity contribution in [1.82, 2.24) is 5.32 Å². The van der Waals surface area contributed by atoms with Crippen LogP contribution >= 0.6 is 0 Å². The molecule has 0 aromatic heterocycles. The lowest BCUT2D eigenvalue weighted by molar-refractivity contribution is -0.118. The average Bonchev–Trinajstić information content (AvgIpc) is 2.67. The molecule has 4 amide bonds. The van der Waals surface area contributed by atoms with Crippen LogP contribution in [0.3, 0.4) is 0 Å². The van der Waals surface area contributed by atoms with Gasteiger partial charge < -0.3 is 15.7 Å². The molecule has 9 nitrogen and oxygen atoms in total. The largest absolute Gasteiger partial charge is 0.507 e. The number of benzene rings is 2. The highest BCUT2D eigenvalue weighted by Crippen LogP contribution is 2.38. The van der Waals surface area contributed by atoms with E-state index in [1.54, 1.807) is 6.07 Å². The van der Waals surface area contributed by atoms with Gasteiger partial charge in [0.1, 0.15) is 5.75 Å². The van der Waals surface area contributed by atoms with E-state index in [0.717, 1.165) is 11.2 Å². The van der Waals surface area contributed by atoms with Crippen LogP contribution in [0.2, 0.25) is 0 Å². The van der Waals surface area contributed by atoms with Gasteiger partial charge >= 0.3 is 6.03 Å². The molecule has 1 aliphatic heterocycles. The van der Waals surface area contributed by atoms with Crippen molar-refractivity contribution in [2.45, 2.75) is 37.5 Å². The number of hydrogen-bond acceptors (Lipinski definition) is 6. The van der Waals surface area contributed by atoms with E-state index < -0.39 is 33.1 Å². The second-order valence-electron chi connectivity index (χ2n) is 8.57. The van der Waals surface area contributed by atoms with Crippen molar-refractivity contribution in [3.63, 3.8) is 0 Å². The molecule has 1 fully saturated rings. The van der Waals surface area contributed by atoms with Crippen molar-refractivity contribution in [2.24, 2.45) is 0 Å². The number of para-hydroxylation sites is 1. The average molecular weight is 460 g/mol. The van der Waals surface area contributed by atoms with Crippen LogP contribution in [0.4, 0.5) is 16.2 Å². The molecule has 0 atom stereocenters. The summed E-state index contributed by atoms with van der Waals surface area (Å²) >= 11 is 0. The maximum absolute atomic E-state index is 13.1. The maximum Gasteiger partial charge on any atom is 0.328 e. The van der Waals surface area contributed by atoms with Gasteiger partial charge in [-0.3, -0.25) is 9.59 Å². The van der Waals surface area contributed by atoms with Crippen molar-refractivity contribution < 1.29 is 27.9 Å². The number of hydrogen-bond donors (Lipinski definition) is 3. The third-order valence-corrected chi connectivity index (χ3v) is 6.16. The molecule has 3 rings (SSSR count). The van der Waals surface area contributed by atoms with E-state index in [4.69, 9.17) is 0 Å². The minimum absolute atomic E-state index is 0.0499. The van der Waals surface area contributed by atoms with Crippen LogP contribution in [0, 0.1) is 0 Å². The Morgan fingerprint density at radius 3 is 2.41 bits per heavy atom. The predicted molar refractivity (Wildman–Crippen MR) is 120 cm³/mol. The minimum Gasteiger partial charge on any atom is -0.507 e. The van der Waals surface area contributed by atoms with Gasteiger partial charge in [-0.1, -0.05) is 32.9 Å². The first-order chi connectivity index (χ1) is 14.8. The standard InChI is InChI=1S/C22H25N3O6S/c1-22(2,3)15-12-13(25-18(26)9-10-23-21(25)29)11-14(19(15)27)20(28)24-16-7-5-6-8-17(16)32(4,30)31/h5-8,11-12,27H,9-10H2,1-4H3,(H,23,29)(H,24,28). The molecule has 0 aliphatic carbocycles. The molecule has 3 N–H and O–H groups in total. The number of rotatable bonds is 4. The molecular formula is C22H25N3O6S. The highest BCUT2D eigenvalue weighted by Gasteiger charge is 2.32. The molecule has 2 aromatic carbocycles. The van der Waals surface area contributed by atoms with Gasteiger partial charge in [-0.25, -0.2) is 18.1 Å². The first-order valence-corrected chi connectivity index (χ1v) is 11.8. The summed E-state index contributed by atoms with van der Waals surface area (Å²) in [5.41, 5.74) is -0.287. The summed E-state index contributed by atoms with van der Waals surface area (Å²) in [5, 5.41) is 16.0. The van der Waals surface area contributed by atoms with Crippen LogP contribution in [-0.4, -0.2) is 44.2 Å². The Labute approximate surface area is 186 Å². The van der Waals surface area contributed by atoms with Gasteiger partial charge in [-0.15, -0.1) is 0 Å². The van der Waals surface area contributed by atoms with Crippen LogP contribution in [0.15, 0.2) is 41.3 Å². The number of nitrogens with one attached hydrogen (secondary N) is 2.